The number of anilines is 1. The van der Waals surface area contributed by atoms with Crippen molar-refractivity contribution in [3.63, 3.8) is 0 Å². The molecule has 1 N–H and O–H groups in total. The normalized spacial score (nSPS) is 9.80. The topological polar surface area (TPSA) is 45.2 Å². The summed E-state index contributed by atoms with van der Waals surface area (Å²) < 4.78 is 0. The van der Waals surface area contributed by atoms with Gasteiger partial charge in [0, 0.05) is 19.3 Å². The number of hydrogen-bond acceptors (Lipinski definition) is 2. The van der Waals surface area contributed by atoms with E-state index in [1.165, 1.54) is 0 Å². The maximum atomic E-state index is 11.7. The van der Waals surface area contributed by atoms with E-state index in [0.29, 0.717) is 18.9 Å². The zero-order chi connectivity index (χ0) is 11.3. The average Bonchev–Trinajstić information content (AvgIpc) is 2.19. The zero-order valence-electron chi connectivity index (χ0n) is 9.45. The fourth-order valence-corrected chi connectivity index (χ4v) is 1.30. The number of urea groups is 1. The van der Waals surface area contributed by atoms with E-state index >= 15 is 0 Å². The minimum Gasteiger partial charge on any atom is -0.325 e. The van der Waals surface area contributed by atoms with Gasteiger partial charge in [-0.1, -0.05) is 0 Å². The van der Waals surface area contributed by atoms with Gasteiger partial charge in [0.05, 0.1) is 0 Å². The Hall–Kier alpha value is -1.58. The van der Waals surface area contributed by atoms with E-state index in [-0.39, 0.29) is 6.03 Å². The molecular formula is C11H17N3O. The molecule has 4 nitrogen and oxygen atoms in total. The number of hydrogen-bond donors (Lipinski definition) is 1. The number of nitrogens with zero attached hydrogens (tertiary/aromatic N) is 2. The van der Waals surface area contributed by atoms with E-state index < -0.39 is 0 Å². The molecule has 0 aliphatic carbocycles. The van der Waals surface area contributed by atoms with Crippen LogP contribution in [0.5, 0.6) is 0 Å². The van der Waals surface area contributed by atoms with Gasteiger partial charge in [0.25, 0.3) is 0 Å². The summed E-state index contributed by atoms with van der Waals surface area (Å²) in [5, 5.41) is 2.76. The Balaban J connectivity index is 2.65. The van der Waals surface area contributed by atoms with Crippen molar-refractivity contribution in [2.24, 2.45) is 0 Å². The summed E-state index contributed by atoms with van der Waals surface area (Å²) in [6.07, 6.45) is 1.69. The number of rotatable bonds is 3. The molecule has 1 rings (SSSR count). The lowest BCUT2D eigenvalue weighted by Gasteiger charge is -2.18. The Labute approximate surface area is 90.3 Å². The lowest BCUT2D eigenvalue weighted by Crippen LogP contribution is -2.34. The molecule has 0 spiro atoms. The fourth-order valence-electron chi connectivity index (χ4n) is 1.30. The molecule has 4 heteroatoms. The highest BCUT2D eigenvalue weighted by atomic mass is 16.2. The number of aryl methyl sites for hydroxylation is 1. The first-order valence-corrected chi connectivity index (χ1v) is 5.16. The van der Waals surface area contributed by atoms with Crippen LogP contribution >= 0.6 is 0 Å². The second-order valence-electron chi connectivity index (χ2n) is 3.32. The first kappa shape index (κ1) is 11.5. The molecule has 15 heavy (non-hydrogen) atoms. The summed E-state index contributed by atoms with van der Waals surface area (Å²) >= 11 is 0. The predicted molar refractivity (Wildman–Crippen MR) is 60.9 cm³/mol. The van der Waals surface area contributed by atoms with Crippen LogP contribution in [0.25, 0.3) is 0 Å². The summed E-state index contributed by atoms with van der Waals surface area (Å²) in [5.74, 6) is 0.604. The molecule has 1 heterocycles. The third-order valence-corrected chi connectivity index (χ3v) is 2.20. The molecule has 0 saturated carbocycles. The van der Waals surface area contributed by atoms with Crippen LogP contribution in [0, 0.1) is 6.92 Å². The summed E-state index contributed by atoms with van der Waals surface area (Å²) in [6, 6.07) is 3.65. The summed E-state index contributed by atoms with van der Waals surface area (Å²) in [7, 11) is 0. The molecule has 82 valence electrons. The molecule has 2 amide bonds. The first-order chi connectivity index (χ1) is 7.17. The largest absolute Gasteiger partial charge is 0.325 e. The summed E-state index contributed by atoms with van der Waals surface area (Å²) in [4.78, 5) is 17.4. The zero-order valence-corrected chi connectivity index (χ0v) is 9.45. The standard InChI is InChI=1S/C11H17N3O/c1-4-14(5-2)11(15)13-10-8-9(3)6-7-12-10/h6-8H,4-5H2,1-3H3,(H,12,13,15). The Kier molecular flexibility index (Phi) is 4.09. The highest BCUT2D eigenvalue weighted by Gasteiger charge is 2.09. The van der Waals surface area contributed by atoms with Crippen LogP contribution in [-0.2, 0) is 0 Å². The Morgan fingerprint density at radius 1 is 1.47 bits per heavy atom. The molecule has 0 aliphatic heterocycles. The maximum absolute atomic E-state index is 11.7. The van der Waals surface area contributed by atoms with Crippen molar-refractivity contribution < 1.29 is 4.79 Å². The fraction of sp³-hybridized carbons (Fsp3) is 0.455. The second-order valence-corrected chi connectivity index (χ2v) is 3.32. The van der Waals surface area contributed by atoms with E-state index in [1.807, 2.05) is 32.9 Å². The van der Waals surface area contributed by atoms with Crippen molar-refractivity contribution >= 4 is 11.8 Å². The van der Waals surface area contributed by atoms with E-state index in [9.17, 15) is 4.79 Å². The van der Waals surface area contributed by atoms with Crippen molar-refractivity contribution in [3.8, 4) is 0 Å². The van der Waals surface area contributed by atoms with Crippen molar-refractivity contribution in [3.05, 3.63) is 23.9 Å². The van der Waals surface area contributed by atoms with E-state index in [0.717, 1.165) is 5.56 Å². The highest BCUT2D eigenvalue weighted by Crippen LogP contribution is 2.06. The molecule has 0 saturated heterocycles. The van der Waals surface area contributed by atoms with Crippen LogP contribution in [-0.4, -0.2) is 29.0 Å². The second kappa shape index (κ2) is 5.34. The molecule has 1 aromatic heterocycles. The molecule has 1 aromatic rings. The lowest BCUT2D eigenvalue weighted by atomic mass is 10.3. The number of carbonyl (C=O) groups excluding carboxylic acids is 1. The van der Waals surface area contributed by atoms with Gasteiger partial charge in [-0.2, -0.15) is 0 Å². The van der Waals surface area contributed by atoms with E-state index in [1.54, 1.807) is 11.1 Å². The van der Waals surface area contributed by atoms with Gasteiger partial charge in [-0.15, -0.1) is 0 Å². The molecular weight excluding hydrogens is 190 g/mol. The Morgan fingerprint density at radius 3 is 2.67 bits per heavy atom. The summed E-state index contributed by atoms with van der Waals surface area (Å²) in [6.45, 7) is 7.27. The van der Waals surface area contributed by atoms with Crippen LogP contribution < -0.4 is 5.32 Å². The minimum absolute atomic E-state index is 0.0990. The van der Waals surface area contributed by atoms with Crippen LogP contribution in [0.3, 0.4) is 0 Å². The van der Waals surface area contributed by atoms with Crippen LogP contribution in [0.2, 0.25) is 0 Å². The SMILES string of the molecule is CCN(CC)C(=O)Nc1cc(C)ccn1. The van der Waals surface area contributed by atoms with Crippen LogP contribution in [0.4, 0.5) is 10.6 Å². The Morgan fingerprint density at radius 2 is 2.13 bits per heavy atom. The smallest absolute Gasteiger partial charge is 0.322 e. The van der Waals surface area contributed by atoms with Gasteiger partial charge in [0.1, 0.15) is 5.82 Å². The molecule has 0 radical (unpaired) electrons. The molecule has 0 fully saturated rings. The third kappa shape index (κ3) is 3.23. The van der Waals surface area contributed by atoms with Crippen LogP contribution in [0.15, 0.2) is 18.3 Å². The lowest BCUT2D eigenvalue weighted by molar-refractivity contribution is 0.217. The van der Waals surface area contributed by atoms with Gasteiger partial charge in [-0.05, 0) is 38.5 Å². The molecule has 0 aromatic carbocycles. The van der Waals surface area contributed by atoms with Crippen molar-refractivity contribution in [2.45, 2.75) is 20.8 Å². The summed E-state index contributed by atoms with van der Waals surface area (Å²) in [5.41, 5.74) is 1.08. The van der Waals surface area contributed by atoms with Gasteiger partial charge in [0.2, 0.25) is 0 Å². The van der Waals surface area contributed by atoms with Crippen molar-refractivity contribution in [2.75, 3.05) is 18.4 Å². The van der Waals surface area contributed by atoms with Gasteiger partial charge < -0.3 is 4.90 Å². The van der Waals surface area contributed by atoms with Crippen molar-refractivity contribution in [1.82, 2.24) is 9.88 Å². The number of carbonyl (C=O) groups is 1. The number of pyridine rings is 1. The quantitative estimate of drug-likeness (QED) is 0.826. The van der Waals surface area contributed by atoms with Gasteiger partial charge in [0.15, 0.2) is 0 Å². The number of aromatic nitrogens is 1. The maximum Gasteiger partial charge on any atom is 0.322 e. The molecule has 0 bridgehead atoms. The van der Waals surface area contributed by atoms with E-state index in [2.05, 4.69) is 10.3 Å². The first-order valence-electron chi connectivity index (χ1n) is 5.16. The number of amides is 2. The van der Waals surface area contributed by atoms with E-state index in [4.69, 9.17) is 0 Å². The molecule has 0 unspecified atom stereocenters. The van der Waals surface area contributed by atoms with Gasteiger partial charge in [-0.3, -0.25) is 5.32 Å². The molecule has 0 atom stereocenters. The highest BCUT2D eigenvalue weighted by molar-refractivity contribution is 5.88. The monoisotopic (exact) mass is 207 g/mol. The average molecular weight is 207 g/mol. The number of nitrogens with one attached hydrogen (secondary N) is 1. The van der Waals surface area contributed by atoms with Gasteiger partial charge in [-0.25, -0.2) is 9.78 Å². The molecule has 0 aliphatic rings. The van der Waals surface area contributed by atoms with Gasteiger partial charge >= 0.3 is 6.03 Å². The van der Waals surface area contributed by atoms with Crippen LogP contribution in [0.1, 0.15) is 19.4 Å². The third-order valence-electron chi connectivity index (χ3n) is 2.20. The Bertz CT molecular complexity index is 334. The minimum atomic E-state index is -0.0990. The predicted octanol–water partition coefficient (Wildman–Crippen LogP) is 2.26. The van der Waals surface area contributed by atoms with Crippen molar-refractivity contribution in [1.29, 1.82) is 0 Å².